The molecule has 0 saturated heterocycles. The second kappa shape index (κ2) is 9.05. The summed E-state index contributed by atoms with van der Waals surface area (Å²) in [6.07, 6.45) is 2.65. The molecule has 0 bridgehead atoms. The van der Waals surface area contributed by atoms with Crippen LogP contribution in [0.3, 0.4) is 0 Å². The summed E-state index contributed by atoms with van der Waals surface area (Å²) in [4.78, 5) is 26.4. The van der Waals surface area contributed by atoms with Crippen LogP contribution in [0, 0.1) is 0 Å². The van der Waals surface area contributed by atoms with E-state index in [1.807, 2.05) is 32.0 Å². The standard InChI is InChI=1S/C22H24N2O4S/c1-5-13(2)23-21(25)15-7-9-19-16(12-15)24-22(26)20(29-19)11-14-6-8-17(27-3)18(10-14)28-4/h6-13H,5H2,1-4H3,(H,23,25)(H,24,26). The Kier molecular flexibility index (Phi) is 6.49. The summed E-state index contributed by atoms with van der Waals surface area (Å²) in [5, 5.41) is 5.81. The molecule has 1 aliphatic heterocycles. The highest BCUT2D eigenvalue weighted by molar-refractivity contribution is 8.04. The van der Waals surface area contributed by atoms with Crippen molar-refractivity contribution in [1.29, 1.82) is 0 Å². The van der Waals surface area contributed by atoms with E-state index in [0.717, 1.165) is 16.9 Å². The molecular weight excluding hydrogens is 388 g/mol. The number of methoxy groups -OCH3 is 2. The van der Waals surface area contributed by atoms with Gasteiger partial charge >= 0.3 is 0 Å². The molecule has 0 aromatic heterocycles. The SMILES string of the molecule is CCC(C)NC(=O)c1ccc2c(c1)NC(=O)C(=Cc1ccc(OC)c(OC)c1)S2. The van der Waals surface area contributed by atoms with Crippen molar-refractivity contribution in [3.8, 4) is 11.5 Å². The van der Waals surface area contributed by atoms with Crippen LogP contribution in [-0.2, 0) is 4.79 Å². The minimum Gasteiger partial charge on any atom is -0.493 e. The number of ether oxygens (including phenoxy) is 2. The first-order valence-electron chi connectivity index (χ1n) is 9.33. The molecule has 1 unspecified atom stereocenters. The number of thioether (sulfide) groups is 1. The van der Waals surface area contributed by atoms with Gasteiger partial charge in [0, 0.05) is 16.5 Å². The second-order valence-corrected chi connectivity index (χ2v) is 7.76. The maximum absolute atomic E-state index is 12.6. The Morgan fingerprint density at radius 1 is 1.17 bits per heavy atom. The average Bonchev–Trinajstić information content (AvgIpc) is 2.73. The molecule has 7 heteroatoms. The number of hydrogen-bond acceptors (Lipinski definition) is 5. The number of rotatable bonds is 6. The molecule has 0 saturated carbocycles. The van der Waals surface area contributed by atoms with Gasteiger partial charge in [0.15, 0.2) is 11.5 Å². The lowest BCUT2D eigenvalue weighted by Gasteiger charge is -2.20. The van der Waals surface area contributed by atoms with Gasteiger partial charge < -0.3 is 20.1 Å². The van der Waals surface area contributed by atoms with Gasteiger partial charge in [-0.1, -0.05) is 24.8 Å². The van der Waals surface area contributed by atoms with Crippen LogP contribution in [-0.4, -0.2) is 32.1 Å². The van der Waals surface area contributed by atoms with Crippen molar-refractivity contribution in [3.63, 3.8) is 0 Å². The van der Waals surface area contributed by atoms with Crippen LogP contribution in [0.15, 0.2) is 46.2 Å². The number of anilines is 1. The normalized spacial score (nSPS) is 15.3. The van der Waals surface area contributed by atoms with Crippen molar-refractivity contribution >= 4 is 35.3 Å². The van der Waals surface area contributed by atoms with Gasteiger partial charge in [0.2, 0.25) is 0 Å². The fourth-order valence-corrected chi connectivity index (χ4v) is 3.74. The van der Waals surface area contributed by atoms with Gasteiger partial charge in [-0.3, -0.25) is 9.59 Å². The van der Waals surface area contributed by atoms with Gasteiger partial charge in [0.1, 0.15) is 0 Å². The van der Waals surface area contributed by atoms with Gasteiger partial charge in [-0.2, -0.15) is 0 Å². The molecule has 0 radical (unpaired) electrons. The van der Waals surface area contributed by atoms with Gasteiger partial charge in [-0.05, 0) is 55.3 Å². The highest BCUT2D eigenvalue weighted by atomic mass is 32.2. The Morgan fingerprint density at radius 3 is 2.62 bits per heavy atom. The van der Waals surface area contributed by atoms with E-state index in [9.17, 15) is 9.59 Å². The van der Waals surface area contributed by atoms with E-state index in [4.69, 9.17) is 9.47 Å². The fraction of sp³-hybridized carbons (Fsp3) is 0.273. The topological polar surface area (TPSA) is 76.7 Å². The lowest BCUT2D eigenvalue weighted by atomic mass is 10.1. The molecule has 0 aliphatic carbocycles. The second-order valence-electron chi connectivity index (χ2n) is 6.67. The highest BCUT2D eigenvalue weighted by Gasteiger charge is 2.22. The Labute approximate surface area is 174 Å². The number of fused-ring (bicyclic) bond motifs is 1. The van der Waals surface area contributed by atoms with Crippen LogP contribution >= 0.6 is 11.8 Å². The number of hydrogen-bond donors (Lipinski definition) is 2. The Balaban J connectivity index is 1.83. The Hall–Kier alpha value is -2.93. The first-order chi connectivity index (χ1) is 13.9. The van der Waals surface area contributed by atoms with E-state index in [-0.39, 0.29) is 17.9 Å². The van der Waals surface area contributed by atoms with Crippen molar-refractivity contribution in [2.75, 3.05) is 19.5 Å². The van der Waals surface area contributed by atoms with E-state index in [2.05, 4.69) is 10.6 Å². The molecule has 1 aliphatic rings. The molecule has 29 heavy (non-hydrogen) atoms. The molecule has 2 N–H and O–H groups in total. The molecule has 152 valence electrons. The van der Waals surface area contributed by atoms with Gasteiger partial charge in [-0.15, -0.1) is 0 Å². The molecule has 0 spiro atoms. The molecule has 0 fully saturated rings. The molecule has 2 aromatic rings. The molecule has 2 amide bonds. The zero-order chi connectivity index (χ0) is 21.0. The van der Waals surface area contributed by atoms with Gasteiger partial charge in [0.05, 0.1) is 24.8 Å². The van der Waals surface area contributed by atoms with Crippen molar-refractivity contribution in [2.24, 2.45) is 0 Å². The third-order valence-electron chi connectivity index (χ3n) is 4.63. The molecule has 3 rings (SSSR count). The zero-order valence-electron chi connectivity index (χ0n) is 16.9. The minimum atomic E-state index is -0.211. The highest BCUT2D eigenvalue weighted by Crippen LogP contribution is 2.40. The fourth-order valence-electron chi connectivity index (χ4n) is 2.80. The lowest BCUT2D eigenvalue weighted by Crippen LogP contribution is -2.32. The quantitative estimate of drug-likeness (QED) is 0.691. The number of carbonyl (C=O) groups excluding carboxylic acids is 2. The Morgan fingerprint density at radius 2 is 1.93 bits per heavy atom. The van der Waals surface area contributed by atoms with Crippen molar-refractivity contribution < 1.29 is 19.1 Å². The number of benzene rings is 2. The number of carbonyl (C=O) groups is 2. The van der Waals surface area contributed by atoms with Crippen molar-refractivity contribution in [1.82, 2.24) is 5.32 Å². The van der Waals surface area contributed by atoms with Gasteiger partial charge in [0.25, 0.3) is 11.8 Å². The van der Waals surface area contributed by atoms with Gasteiger partial charge in [-0.25, -0.2) is 0 Å². The van der Waals surface area contributed by atoms with Crippen LogP contribution in [0.4, 0.5) is 5.69 Å². The third-order valence-corrected chi connectivity index (χ3v) is 5.73. The molecule has 2 aromatic carbocycles. The summed E-state index contributed by atoms with van der Waals surface area (Å²) in [7, 11) is 3.15. The Bertz CT molecular complexity index is 971. The first kappa shape index (κ1) is 20.8. The van der Waals surface area contributed by atoms with Crippen LogP contribution < -0.4 is 20.1 Å². The average molecular weight is 413 g/mol. The van der Waals surface area contributed by atoms with E-state index in [0.29, 0.717) is 27.7 Å². The maximum Gasteiger partial charge on any atom is 0.262 e. The molecular formula is C22H24N2O4S. The largest absolute Gasteiger partial charge is 0.493 e. The maximum atomic E-state index is 12.6. The van der Waals surface area contributed by atoms with E-state index < -0.39 is 0 Å². The number of amides is 2. The summed E-state index contributed by atoms with van der Waals surface area (Å²) < 4.78 is 10.6. The van der Waals surface area contributed by atoms with E-state index in [1.165, 1.54) is 11.8 Å². The van der Waals surface area contributed by atoms with E-state index >= 15 is 0 Å². The van der Waals surface area contributed by atoms with Crippen LogP contribution in [0.25, 0.3) is 6.08 Å². The molecule has 1 heterocycles. The predicted octanol–water partition coefficient (Wildman–Crippen LogP) is 4.32. The van der Waals surface area contributed by atoms with Crippen molar-refractivity contribution in [2.45, 2.75) is 31.2 Å². The summed E-state index contributed by atoms with van der Waals surface area (Å²) >= 11 is 1.37. The predicted molar refractivity (Wildman–Crippen MR) is 116 cm³/mol. The van der Waals surface area contributed by atoms with Crippen LogP contribution in [0.1, 0.15) is 36.2 Å². The van der Waals surface area contributed by atoms with E-state index in [1.54, 1.807) is 38.5 Å². The molecule has 1 atom stereocenters. The monoisotopic (exact) mass is 412 g/mol. The summed E-state index contributed by atoms with van der Waals surface area (Å²) in [5.74, 6) is 0.870. The lowest BCUT2D eigenvalue weighted by molar-refractivity contribution is -0.112. The summed E-state index contributed by atoms with van der Waals surface area (Å²) in [5.41, 5.74) is 1.99. The van der Waals surface area contributed by atoms with Crippen molar-refractivity contribution in [3.05, 3.63) is 52.4 Å². The third kappa shape index (κ3) is 4.74. The molecule has 6 nitrogen and oxygen atoms in total. The van der Waals surface area contributed by atoms with Crippen LogP contribution in [0.5, 0.6) is 11.5 Å². The smallest absolute Gasteiger partial charge is 0.262 e. The summed E-state index contributed by atoms with van der Waals surface area (Å²) in [6, 6.07) is 10.9. The minimum absolute atomic E-state index is 0.0959. The first-order valence-corrected chi connectivity index (χ1v) is 10.1. The number of nitrogens with one attached hydrogen (secondary N) is 2. The zero-order valence-corrected chi connectivity index (χ0v) is 17.7. The van der Waals surface area contributed by atoms with Crippen LogP contribution in [0.2, 0.25) is 0 Å². The summed E-state index contributed by atoms with van der Waals surface area (Å²) in [6.45, 7) is 3.97.